The summed E-state index contributed by atoms with van der Waals surface area (Å²) in [5, 5.41) is 10.3. The molecule has 0 aromatic heterocycles. The lowest BCUT2D eigenvalue weighted by Gasteiger charge is -2.23. The number of fused-ring (bicyclic) bond motifs is 1. The highest BCUT2D eigenvalue weighted by molar-refractivity contribution is 5.64. The van der Waals surface area contributed by atoms with Crippen LogP contribution >= 0.6 is 0 Å². The van der Waals surface area contributed by atoms with Crippen LogP contribution in [0.5, 0.6) is 57.5 Å². The van der Waals surface area contributed by atoms with Crippen LogP contribution in [0.25, 0.3) is 6.08 Å². The zero-order valence-electron chi connectivity index (χ0n) is 27.8. The molecular weight excluding hydrogens is 604 g/mol. The predicted octanol–water partition coefficient (Wildman–Crippen LogP) is 6.98. The van der Waals surface area contributed by atoms with Gasteiger partial charge in [0.1, 0.15) is 6.10 Å². The zero-order valence-corrected chi connectivity index (χ0v) is 27.8. The van der Waals surface area contributed by atoms with Crippen LogP contribution in [0, 0.1) is 0 Å². The molecule has 10 nitrogen and oxygen atoms in total. The van der Waals surface area contributed by atoms with Crippen molar-refractivity contribution in [3.05, 3.63) is 88.5 Å². The minimum atomic E-state index is -0.499. The van der Waals surface area contributed by atoms with Gasteiger partial charge < -0.3 is 47.7 Å². The van der Waals surface area contributed by atoms with E-state index in [1.807, 2.05) is 42.5 Å². The standard InChI is InChI=1S/C37H40O10/c1-39-27-18-23(12-13-26(27)38)34-33(24-19-31(43-5)37(46-8)32(20-24)44-6)25-14-21(15-28(40-2)35(25)47-34)10-9-11-22-16-29(41-3)36(45-7)30(17-22)42-4/h9,11-20,33-34,38H,10H2,1-8H3/b11-9+/t33-,34+/m0/s1. The highest BCUT2D eigenvalue weighted by Crippen LogP contribution is 2.56. The molecule has 0 fully saturated rings. The van der Waals surface area contributed by atoms with Gasteiger partial charge in [0.15, 0.2) is 46.0 Å². The van der Waals surface area contributed by atoms with Crippen LogP contribution in [0.1, 0.15) is 39.8 Å². The van der Waals surface area contributed by atoms with E-state index in [1.54, 1.807) is 61.9 Å². The Labute approximate surface area is 274 Å². The molecule has 0 amide bonds. The smallest absolute Gasteiger partial charge is 0.203 e. The normalized spacial score (nSPS) is 15.1. The van der Waals surface area contributed by atoms with E-state index in [0.29, 0.717) is 58.2 Å². The van der Waals surface area contributed by atoms with Gasteiger partial charge in [0.25, 0.3) is 0 Å². The number of methoxy groups -OCH3 is 8. The fourth-order valence-electron chi connectivity index (χ4n) is 5.96. The van der Waals surface area contributed by atoms with E-state index in [0.717, 1.165) is 27.8 Å². The Bertz CT molecular complexity index is 1710. The van der Waals surface area contributed by atoms with E-state index in [9.17, 15) is 5.11 Å². The van der Waals surface area contributed by atoms with Crippen LogP contribution < -0.4 is 42.6 Å². The number of aromatic hydroxyl groups is 1. The van der Waals surface area contributed by atoms with Crippen LogP contribution in [0.3, 0.4) is 0 Å². The van der Waals surface area contributed by atoms with Gasteiger partial charge in [-0.15, -0.1) is 0 Å². The molecule has 0 unspecified atom stereocenters. The molecule has 0 saturated carbocycles. The molecule has 0 bridgehead atoms. The molecule has 1 N–H and O–H groups in total. The summed E-state index contributed by atoms with van der Waals surface area (Å²) in [7, 11) is 12.6. The Morgan fingerprint density at radius 3 is 1.66 bits per heavy atom. The molecule has 1 heterocycles. The quantitative estimate of drug-likeness (QED) is 0.164. The third kappa shape index (κ3) is 6.36. The largest absolute Gasteiger partial charge is 0.504 e. The van der Waals surface area contributed by atoms with Crippen molar-refractivity contribution in [1.82, 2.24) is 0 Å². The maximum Gasteiger partial charge on any atom is 0.203 e. The highest BCUT2D eigenvalue weighted by Gasteiger charge is 2.40. The molecule has 0 saturated heterocycles. The molecule has 0 spiro atoms. The first-order valence-electron chi connectivity index (χ1n) is 14.8. The van der Waals surface area contributed by atoms with Crippen molar-refractivity contribution in [2.45, 2.75) is 18.4 Å². The lowest BCUT2D eigenvalue weighted by molar-refractivity contribution is 0.213. The summed E-state index contributed by atoms with van der Waals surface area (Å²) in [5.74, 6) is 4.51. The van der Waals surface area contributed by atoms with E-state index < -0.39 is 6.10 Å². The summed E-state index contributed by atoms with van der Waals surface area (Å²) < 4.78 is 51.5. The summed E-state index contributed by atoms with van der Waals surface area (Å²) in [6.45, 7) is 0. The fraction of sp³-hybridized carbons (Fsp3) is 0.297. The van der Waals surface area contributed by atoms with Crippen molar-refractivity contribution in [2.75, 3.05) is 56.9 Å². The fourth-order valence-corrected chi connectivity index (χ4v) is 5.96. The second-order valence-electron chi connectivity index (χ2n) is 10.7. The molecule has 4 aromatic rings. The number of rotatable bonds is 13. The van der Waals surface area contributed by atoms with Crippen molar-refractivity contribution >= 4 is 6.08 Å². The molecule has 248 valence electrons. The number of phenols is 1. The minimum absolute atomic E-state index is 0.0369. The first-order valence-corrected chi connectivity index (χ1v) is 14.8. The second-order valence-corrected chi connectivity index (χ2v) is 10.7. The van der Waals surface area contributed by atoms with E-state index in [1.165, 1.54) is 7.11 Å². The van der Waals surface area contributed by atoms with Crippen LogP contribution in [-0.4, -0.2) is 62.0 Å². The molecule has 0 radical (unpaired) electrons. The summed E-state index contributed by atoms with van der Waals surface area (Å²) in [5.41, 5.74) is 4.51. The van der Waals surface area contributed by atoms with Gasteiger partial charge in [-0.05, 0) is 71.1 Å². The Morgan fingerprint density at radius 2 is 1.13 bits per heavy atom. The topological polar surface area (TPSA) is 103 Å². The number of ether oxygens (including phenoxy) is 9. The summed E-state index contributed by atoms with van der Waals surface area (Å²) in [6.07, 6.45) is 4.17. The van der Waals surface area contributed by atoms with Crippen molar-refractivity contribution in [3.63, 3.8) is 0 Å². The third-order valence-corrected chi connectivity index (χ3v) is 8.18. The third-order valence-electron chi connectivity index (χ3n) is 8.18. The summed E-state index contributed by atoms with van der Waals surface area (Å²) in [4.78, 5) is 0. The number of phenolic OH excluding ortho intramolecular Hbond substituents is 1. The maximum absolute atomic E-state index is 10.3. The average Bonchev–Trinajstić information content (AvgIpc) is 3.49. The first-order chi connectivity index (χ1) is 22.8. The molecule has 1 aliphatic heterocycles. The van der Waals surface area contributed by atoms with Crippen molar-refractivity contribution in [2.24, 2.45) is 0 Å². The van der Waals surface area contributed by atoms with Crippen LogP contribution in [0.15, 0.2) is 60.7 Å². The van der Waals surface area contributed by atoms with Gasteiger partial charge >= 0.3 is 0 Å². The Kier molecular flexibility index (Phi) is 10.1. The van der Waals surface area contributed by atoms with Crippen LogP contribution in [-0.2, 0) is 6.42 Å². The molecule has 4 aromatic carbocycles. The van der Waals surface area contributed by atoms with E-state index in [-0.39, 0.29) is 11.7 Å². The highest BCUT2D eigenvalue weighted by atomic mass is 16.5. The van der Waals surface area contributed by atoms with E-state index in [4.69, 9.17) is 42.6 Å². The van der Waals surface area contributed by atoms with Gasteiger partial charge in [-0.25, -0.2) is 0 Å². The van der Waals surface area contributed by atoms with Crippen molar-refractivity contribution in [3.8, 4) is 57.5 Å². The minimum Gasteiger partial charge on any atom is -0.504 e. The van der Waals surface area contributed by atoms with Gasteiger partial charge in [0.2, 0.25) is 11.5 Å². The summed E-state index contributed by atoms with van der Waals surface area (Å²) >= 11 is 0. The van der Waals surface area contributed by atoms with Gasteiger partial charge in [0, 0.05) is 5.56 Å². The van der Waals surface area contributed by atoms with Crippen LogP contribution in [0.4, 0.5) is 0 Å². The Balaban J connectivity index is 1.61. The van der Waals surface area contributed by atoms with Gasteiger partial charge in [-0.1, -0.05) is 24.3 Å². The second kappa shape index (κ2) is 14.4. The molecule has 47 heavy (non-hydrogen) atoms. The number of benzene rings is 4. The lowest BCUT2D eigenvalue weighted by atomic mass is 9.84. The number of hydrogen-bond donors (Lipinski definition) is 1. The molecular formula is C37H40O10. The number of allylic oxidation sites excluding steroid dienone is 1. The maximum atomic E-state index is 10.3. The Morgan fingerprint density at radius 1 is 0.596 bits per heavy atom. The molecule has 10 heteroatoms. The van der Waals surface area contributed by atoms with Gasteiger partial charge in [-0.2, -0.15) is 0 Å². The first kappa shape index (κ1) is 33.0. The molecule has 2 atom stereocenters. The summed E-state index contributed by atoms with van der Waals surface area (Å²) in [6, 6.07) is 17.0. The SMILES string of the molecule is COc1cc([C@H]2Oc3c(OC)cc(C/C=C/c4cc(OC)c(OC)c(OC)c4)cc3[C@@H]2c2cc(OC)c(OC)c(OC)c2)ccc1O. The number of hydrogen-bond acceptors (Lipinski definition) is 10. The van der Waals surface area contributed by atoms with Gasteiger partial charge in [-0.3, -0.25) is 0 Å². The van der Waals surface area contributed by atoms with E-state index >= 15 is 0 Å². The average molecular weight is 645 g/mol. The Hall–Kier alpha value is -5.38. The lowest BCUT2D eigenvalue weighted by Crippen LogP contribution is -2.12. The molecule has 5 rings (SSSR count). The van der Waals surface area contributed by atoms with Crippen LogP contribution in [0.2, 0.25) is 0 Å². The van der Waals surface area contributed by atoms with Gasteiger partial charge in [0.05, 0.1) is 62.8 Å². The monoisotopic (exact) mass is 644 g/mol. The zero-order chi connectivity index (χ0) is 33.7. The molecule has 1 aliphatic rings. The van der Waals surface area contributed by atoms with E-state index in [2.05, 4.69) is 12.1 Å². The predicted molar refractivity (Wildman–Crippen MR) is 178 cm³/mol. The molecule has 0 aliphatic carbocycles. The van der Waals surface area contributed by atoms with Crippen molar-refractivity contribution in [1.29, 1.82) is 0 Å². The van der Waals surface area contributed by atoms with Crippen molar-refractivity contribution < 1.29 is 47.7 Å².